The summed E-state index contributed by atoms with van der Waals surface area (Å²) in [6.07, 6.45) is 6.40. The number of aryl methyl sites for hydroxylation is 2. The highest BCUT2D eigenvalue weighted by Gasteiger charge is 2.26. The van der Waals surface area contributed by atoms with Crippen LogP contribution in [0.5, 0.6) is 0 Å². The molecule has 1 fully saturated rings. The van der Waals surface area contributed by atoms with Gasteiger partial charge in [0.25, 0.3) is 0 Å². The van der Waals surface area contributed by atoms with Gasteiger partial charge in [-0.05, 0) is 49.8 Å². The smallest absolute Gasteiger partial charge is 0.241 e. The molecule has 1 aromatic heterocycles. The lowest BCUT2D eigenvalue weighted by atomic mass is 9.92. The Balaban J connectivity index is 1.50. The summed E-state index contributed by atoms with van der Waals surface area (Å²) in [5, 5.41) is 2.97. The summed E-state index contributed by atoms with van der Waals surface area (Å²) in [6, 6.07) is 5.49. The third-order valence-corrected chi connectivity index (χ3v) is 5.45. The van der Waals surface area contributed by atoms with E-state index in [9.17, 15) is 4.79 Å². The van der Waals surface area contributed by atoms with E-state index in [1.807, 2.05) is 12.1 Å². The van der Waals surface area contributed by atoms with Crippen LogP contribution in [0.1, 0.15) is 37.9 Å². The van der Waals surface area contributed by atoms with Crippen LogP contribution < -0.4 is 11.1 Å². The lowest BCUT2D eigenvalue weighted by Gasteiger charge is -2.26. The van der Waals surface area contributed by atoms with Gasteiger partial charge < -0.3 is 20.4 Å². The minimum absolute atomic E-state index is 0.118. The molecular weight excluding hydrogens is 316 g/mol. The number of anilines is 1. The molecule has 1 atom stereocenters. The van der Waals surface area contributed by atoms with Gasteiger partial charge in [0.15, 0.2) is 0 Å². The fourth-order valence-electron chi connectivity index (χ4n) is 3.94. The Labute approximate surface area is 147 Å². The number of rotatable bonds is 3. The zero-order valence-electron chi connectivity index (χ0n) is 14.5. The van der Waals surface area contributed by atoms with Crippen molar-refractivity contribution in [3.8, 4) is 0 Å². The van der Waals surface area contributed by atoms with Crippen LogP contribution in [0.25, 0.3) is 11.0 Å². The number of hydrogen-bond acceptors (Lipinski definition) is 4. The van der Waals surface area contributed by atoms with Crippen molar-refractivity contribution in [3.05, 3.63) is 24.0 Å². The molecule has 0 bridgehead atoms. The number of amides is 1. The number of nitrogens with one attached hydrogen (secondary N) is 1. The fourth-order valence-corrected chi connectivity index (χ4v) is 3.94. The van der Waals surface area contributed by atoms with E-state index in [4.69, 9.17) is 15.5 Å². The van der Waals surface area contributed by atoms with Gasteiger partial charge in [0, 0.05) is 31.9 Å². The molecule has 134 valence electrons. The van der Waals surface area contributed by atoms with Crippen molar-refractivity contribution in [2.45, 2.75) is 51.1 Å². The molecule has 0 radical (unpaired) electrons. The van der Waals surface area contributed by atoms with Crippen LogP contribution in [0.15, 0.2) is 18.2 Å². The zero-order chi connectivity index (χ0) is 17.2. The first-order valence-corrected chi connectivity index (χ1v) is 9.36. The SMILES string of the molecule is NC(C(=O)Nc1ccc2c(c1)nc1n2CCCCC1)C1CCOCC1. The van der Waals surface area contributed by atoms with Gasteiger partial charge >= 0.3 is 0 Å². The number of imidazole rings is 1. The van der Waals surface area contributed by atoms with Crippen molar-refractivity contribution < 1.29 is 9.53 Å². The van der Waals surface area contributed by atoms with Gasteiger partial charge in [-0.1, -0.05) is 6.42 Å². The normalized spacial score (nSPS) is 20.0. The van der Waals surface area contributed by atoms with Crippen LogP contribution in [0.2, 0.25) is 0 Å². The molecular formula is C19H26N4O2. The number of carbonyl (C=O) groups excluding carboxylic acids is 1. The van der Waals surface area contributed by atoms with E-state index in [-0.39, 0.29) is 11.8 Å². The molecule has 0 saturated carbocycles. The number of fused-ring (bicyclic) bond motifs is 3. The molecule has 1 saturated heterocycles. The largest absolute Gasteiger partial charge is 0.381 e. The van der Waals surface area contributed by atoms with Crippen LogP contribution in [0, 0.1) is 5.92 Å². The first-order chi connectivity index (χ1) is 12.2. The average molecular weight is 342 g/mol. The van der Waals surface area contributed by atoms with Gasteiger partial charge in [-0.15, -0.1) is 0 Å². The van der Waals surface area contributed by atoms with Gasteiger partial charge in [0.05, 0.1) is 17.1 Å². The summed E-state index contributed by atoms with van der Waals surface area (Å²) in [6.45, 7) is 2.42. The molecule has 0 spiro atoms. The van der Waals surface area contributed by atoms with Gasteiger partial charge in [-0.25, -0.2) is 4.98 Å². The molecule has 6 nitrogen and oxygen atoms in total. The number of aromatic nitrogens is 2. The van der Waals surface area contributed by atoms with Crippen LogP contribution in [0.4, 0.5) is 5.69 Å². The third-order valence-electron chi connectivity index (χ3n) is 5.45. The van der Waals surface area contributed by atoms with Crippen LogP contribution in [-0.4, -0.2) is 34.7 Å². The summed E-state index contributed by atoms with van der Waals surface area (Å²) in [5.74, 6) is 1.24. The van der Waals surface area contributed by atoms with Crippen LogP contribution in [0.3, 0.4) is 0 Å². The van der Waals surface area contributed by atoms with E-state index in [2.05, 4.69) is 16.0 Å². The molecule has 3 heterocycles. The van der Waals surface area contributed by atoms with E-state index in [0.717, 1.165) is 48.4 Å². The maximum Gasteiger partial charge on any atom is 0.241 e. The number of hydrogen-bond donors (Lipinski definition) is 2. The van der Waals surface area contributed by atoms with E-state index in [0.29, 0.717) is 13.2 Å². The Hall–Kier alpha value is -1.92. The van der Waals surface area contributed by atoms with E-state index < -0.39 is 6.04 Å². The molecule has 1 unspecified atom stereocenters. The predicted octanol–water partition coefficient (Wildman–Crippen LogP) is 2.46. The number of nitrogens with zero attached hydrogens (tertiary/aromatic N) is 2. The molecule has 3 N–H and O–H groups in total. The zero-order valence-corrected chi connectivity index (χ0v) is 14.5. The highest BCUT2D eigenvalue weighted by Crippen LogP contribution is 2.25. The molecule has 1 aromatic carbocycles. The van der Waals surface area contributed by atoms with Crippen molar-refractivity contribution in [2.24, 2.45) is 11.7 Å². The Morgan fingerprint density at radius 3 is 2.96 bits per heavy atom. The molecule has 4 rings (SSSR count). The van der Waals surface area contributed by atoms with E-state index in [1.165, 1.54) is 19.3 Å². The highest BCUT2D eigenvalue weighted by atomic mass is 16.5. The molecule has 2 aliphatic rings. The minimum Gasteiger partial charge on any atom is -0.381 e. The molecule has 2 aromatic rings. The average Bonchev–Trinajstić information content (AvgIpc) is 2.82. The lowest BCUT2D eigenvalue weighted by molar-refractivity contribution is -0.119. The van der Waals surface area contributed by atoms with Crippen molar-refractivity contribution in [1.82, 2.24) is 9.55 Å². The van der Waals surface area contributed by atoms with Crippen molar-refractivity contribution in [1.29, 1.82) is 0 Å². The Morgan fingerprint density at radius 1 is 1.28 bits per heavy atom. The Bertz CT molecular complexity index is 764. The van der Waals surface area contributed by atoms with Crippen molar-refractivity contribution in [3.63, 3.8) is 0 Å². The second-order valence-electron chi connectivity index (χ2n) is 7.16. The number of ether oxygens (including phenoxy) is 1. The molecule has 2 aliphatic heterocycles. The van der Waals surface area contributed by atoms with E-state index >= 15 is 0 Å². The maximum atomic E-state index is 12.5. The summed E-state index contributed by atoms with van der Waals surface area (Å²) < 4.78 is 7.67. The molecule has 1 amide bonds. The number of nitrogens with two attached hydrogens (primary N) is 1. The lowest BCUT2D eigenvalue weighted by Crippen LogP contribution is -2.43. The summed E-state index contributed by atoms with van der Waals surface area (Å²) in [4.78, 5) is 17.3. The van der Waals surface area contributed by atoms with Crippen molar-refractivity contribution in [2.75, 3.05) is 18.5 Å². The topological polar surface area (TPSA) is 82.2 Å². The minimum atomic E-state index is -0.488. The van der Waals surface area contributed by atoms with Gasteiger partial charge in [-0.3, -0.25) is 4.79 Å². The highest BCUT2D eigenvalue weighted by molar-refractivity contribution is 5.96. The number of carbonyl (C=O) groups is 1. The fraction of sp³-hybridized carbons (Fsp3) is 0.579. The predicted molar refractivity (Wildman–Crippen MR) is 97.4 cm³/mol. The quantitative estimate of drug-likeness (QED) is 0.898. The first kappa shape index (κ1) is 16.5. The molecule has 25 heavy (non-hydrogen) atoms. The Kier molecular flexibility index (Phi) is 4.72. The van der Waals surface area contributed by atoms with Gasteiger partial charge in [-0.2, -0.15) is 0 Å². The second-order valence-corrected chi connectivity index (χ2v) is 7.16. The van der Waals surface area contributed by atoms with E-state index in [1.54, 1.807) is 0 Å². The van der Waals surface area contributed by atoms with Crippen LogP contribution >= 0.6 is 0 Å². The summed E-state index contributed by atoms with van der Waals surface area (Å²) in [5.41, 5.74) is 9.04. The van der Waals surface area contributed by atoms with Gasteiger partial charge in [0.2, 0.25) is 5.91 Å². The van der Waals surface area contributed by atoms with Gasteiger partial charge in [0.1, 0.15) is 5.82 Å². The summed E-state index contributed by atoms with van der Waals surface area (Å²) >= 11 is 0. The monoisotopic (exact) mass is 342 g/mol. The third kappa shape index (κ3) is 3.41. The first-order valence-electron chi connectivity index (χ1n) is 9.36. The van der Waals surface area contributed by atoms with Crippen LogP contribution in [-0.2, 0) is 22.5 Å². The maximum absolute atomic E-state index is 12.5. The Morgan fingerprint density at radius 2 is 2.12 bits per heavy atom. The number of benzene rings is 1. The molecule has 6 heteroatoms. The van der Waals surface area contributed by atoms with Crippen molar-refractivity contribution >= 4 is 22.6 Å². The molecule has 0 aliphatic carbocycles. The standard InChI is InChI=1S/C19H26N4O2/c20-18(13-7-10-25-11-8-13)19(24)21-14-5-6-16-15(12-14)22-17-4-2-1-3-9-23(16)17/h5-6,12-13,18H,1-4,7-11,20H2,(H,21,24). The second kappa shape index (κ2) is 7.14. The summed E-state index contributed by atoms with van der Waals surface area (Å²) in [7, 11) is 0.